The molecule has 0 spiro atoms. The highest BCUT2D eigenvalue weighted by Gasteiger charge is 2.19. The molecule has 0 aliphatic heterocycles. The summed E-state index contributed by atoms with van der Waals surface area (Å²) in [4.78, 5) is 46.8. The molecule has 2 unspecified atom stereocenters. The van der Waals surface area contributed by atoms with Crippen LogP contribution in [0.25, 0.3) is 0 Å². The molecule has 0 fully saturated rings. The van der Waals surface area contributed by atoms with Gasteiger partial charge in [0, 0.05) is 0 Å². The van der Waals surface area contributed by atoms with Crippen LogP contribution in [0, 0.1) is 11.8 Å². The number of nitrogens with two attached hydrogens (primary N) is 4. The lowest BCUT2D eigenvalue weighted by Gasteiger charge is -2.21. The molecule has 12 nitrogen and oxygen atoms in total. The zero-order valence-corrected chi connectivity index (χ0v) is 21.4. The molecule has 38 heavy (non-hydrogen) atoms. The van der Waals surface area contributed by atoms with Gasteiger partial charge in [-0.05, 0) is 60.1 Å². The molecule has 0 amide bonds. The summed E-state index contributed by atoms with van der Waals surface area (Å²) in [6.45, 7) is 2.79. The van der Waals surface area contributed by atoms with E-state index in [9.17, 15) is 19.2 Å². The Labute approximate surface area is 220 Å². The van der Waals surface area contributed by atoms with Crippen LogP contribution in [0.5, 0.6) is 23.0 Å². The summed E-state index contributed by atoms with van der Waals surface area (Å²) in [7, 11) is 0. The Hall–Kier alpha value is -3.84. The third-order valence-electron chi connectivity index (χ3n) is 5.66. The Morgan fingerprint density at radius 2 is 0.842 bits per heavy atom. The molecule has 8 N–H and O–H groups in total. The first-order chi connectivity index (χ1) is 18.1. The first kappa shape index (κ1) is 30.4. The van der Waals surface area contributed by atoms with E-state index < -0.39 is 23.9 Å². The van der Waals surface area contributed by atoms with Crippen molar-refractivity contribution in [3.8, 4) is 23.0 Å². The fraction of sp³-hybridized carbons (Fsp3) is 0.385. The number of carbonyl (C=O) groups excluding carboxylic acids is 4. The zero-order chi connectivity index (χ0) is 28.2. The molecule has 0 heterocycles. The molecular formula is C26H34N4O8. The van der Waals surface area contributed by atoms with Crippen molar-refractivity contribution in [2.45, 2.75) is 26.7 Å². The Bertz CT molecular complexity index is 1060. The van der Waals surface area contributed by atoms with Gasteiger partial charge in [-0.25, -0.2) is 0 Å². The van der Waals surface area contributed by atoms with Gasteiger partial charge in [-0.15, -0.1) is 0 Å². The van der Waals surface area contributed by atoms with Gasteiger partial charge in [0.15, 0.2) is 23.0 Å². The molecule has 0 saturated heterocycles. The molecule has 12 heteroatoms. The summed E-state index contributed by atoms with van der Waals surface area (Å²) in [6, 6.07) is 9.87. The third-order valence-corrected chi connectivity index (χ3v) is 5.66. The van der Waals surface area contributed by atoms with Crippen molar-refractivity contribution in [2.75, 3.05) is 26.2 Å². The van der Waals surface area contributed by atoms with Crippen molar-refractivity contribution >= 4 is 23.9 Å². The molecular weight excluding hydrogens is 496 g/mol. The average Bonchev–Trinajstić information content (AvgIpc) is 2.90. The summed E-state index contributed by atoms with van der Waals surface area (Å²) >= 11 is 0. The fourth-order valence-electron chi connectivity index (χ4n) is 3.49. The lowest BCUT2D eigenvalue weighted by molar-refractivity contribution is -0.135. The molecule has 0 bridgehead atoms. The topological polar surface area (TPSA) is 209 Å². The van der Waals surface area contributed by atoms with E-state index in [2.05, 4.69) is 13.8 Å². The smallest absolute Gasteiger partial charge is 0.325 e. The van der Waals surface area contributed by atoms with Gasteiger partial charge in [0.2, 0.25) is 0 Å². The number of hydrogen-bond acceptors (Lipinski definition) is 12. The van der Waals surface area contributed by atoms with Gasteiger partial charge in [-0.3, -0.25) is 19.2 Å². The van der Waals surface area contributed by atoms with E-state index in [1.165, 1.54) is 0 Å². The van der Waals surface area contributed by atoms with Crippen LogP contribution in [-0.4, -0.2) is 50.1 Å². The standard InChI is InChI=1S/C26H34N4O8/c1-15(7-17-3-5-19(35-23(31)11-27)21(9-17)37-25(33)13-29)16(2)8-18-4-6-20(36-24(32)12-28)22(10-18)38-26(34)14-30/h3-6,9-10,15-16H,7-8,11-14,27-30H2,1-2H3. The third kappa shape index (κ3) is 9.23. The minimum Gasteiger partial charge on any atom is -0.422 e. The minimum atomic E-state index is -0.680. The molecule has 0 saturated carbocycles. The number of carbonyl (C=O) groups is 4. The lowest BCUT2D eigenvalue weighted by atomic mass is 9.85. The van der Waals surface area contributed by atoms with Crippen LogP contribution >= 0.6 is 0 Å². The molecule has 2 aromatic rings. The SMILES string of the molecule is CC(Cc1ccc(OC(=O)CN)c(OC(=O)CN)c1)C(C)Cc1ccc(OC(=O)CN)c(OC(=O)CN)c1. The van der Waals surface area contributed by atoms with Crippen molar-refractivity contribution in [1.82, 2.24) is 0 Å². The van der Waals surface area contributed by atoms with Gasteiger partial charge in [-0.1, -0.05) is 26.0 Å². The second kappa shape index (κ2) is 14.8. The fourth-order valence-corrected chi connectivity index (χ4v) is 3.49. The van der Waals surface area contributed by atoms with Crippen molar-refractivity contribution < 1.29 is 38.1 Å². The van der Waals surface area contributed by atoms with E-state index in [0.29, 0.717) is 12.8 Å². The van der Waals surface area contributed by atoms with Crippen LogP contribution in [0.3, 0.4) is 0 Å². The Kier molecular flexibility index (Phi) is 11.8. The highest BCUT2D eigenvalue weighted by Crippen LogP contribution is 2.33. The molecule has 0 aliphatic rings. The Morgan fingerprint density at radius 1 is 0.553 bits per heavy atom. The van der Waals surface area contributed by atoms with E-state index in [-0.39, 0.29) is 61.0 Å². The highest BCUT2D eigenvalue weighted by atomic mass is 16.6. The summed E-state index contributed by atoms with van der Waals surface area (Å²) in [6.07, 6.45) is 1.22. The maximum Gasteiger partial charge on any atom is 0.325 e. The number of benzene rings is 2. The molecule has 0 aliphatic carbocycles. The minimum absolute atomic E-state index is 0.0710. The molecule has 2 rings (SSSR count). The molecule has 206 valence electrons. The van der Waals surface area contributed by atoms with Gasteiger partial charge < -0.3 is 41.9 Å². The van der Waals surface area contributed by atoms with Crippen molar-refractivity contribution in [1.29, 1.82) is 0 Å². The normalized spacial score (nSPS) is 12.3. The second-order valence-corrected chi connectivity index (χ2v) is 8.64. The first-order valence-corrected chi connectivity index (χ1v) is 12.0. The van der Waals surface area contributed by atoms with Crippen LogP contribution in [-0.2, 0) is 32.0 Å². The van der Waals surface area contributed by atoms with Crippen molar-refractivity contribution in [3.05, 3.63) is 47.5 Å². The number of ether oxygens (including phenoxy) is 4. The maximum absolute atomic E-state index is 11.8. The van der Waals surface area contributed by atoms with Gasteiger partial charge in [0.05, 0.1) is 26.2 Å². The largest absolute Gasteiger partial charge is 0.422 e. The van der Waals surface area contributed by atoms with Crippen molar-refractivity contribution in [2.24, 2.45) is 34.8 Å². The quantitative estimate of drug-likeness (QED) is 0.202. The van der Waals surface area contributed by atoms with Gasteiger partial charge in [-0.2, -0.15) is 0 Å². The van der Waals surface area contributed by atoms with Crippen LogP contribution in [0.1, 0.15) is 25.0 Å². The van der Waals surface area contributed by atoms with E-state index in [4.69, 9.17) is 41.9 Å². The summed E-state index contributed by atoms with van der Waals surface area (Å²) in [5.74, 6) is -2.12. The lowest BCUT2D eigenvalue weighted by Crippen LogP contribution is -2.22. The Morgan fingerprint density at radius 3 is 1.13 bits per heavy atom. The van der Waals surface area contributed by atoms with Crippen LogP contribution in [0.4, 0.5) is 0 Å². The maximum atomic E-state index is 11.8. The van der Waals surface area contributed by atoms with Crippen molar-refractivity contribution in [3.63, 3.8) is 0 Å². The summed E-state index contributed by atoms with van der Waals surface area (Å²) in [5.41, 5.74) is 23.0. The van der Waals surface area contributed by atoms with E-state index in [0.717, 1.165) is 11.1 Å². The molecule has 2 aromatic carbocycles. The van der Waals surface area contributed by atoms with Crippen LogP contribution < -0.4 is 41.9 Å². The number of hydrogen-bond donors (Lipinski definition) is 4. The predicted molar refractivity (Wildman–Crippen MR) is 137 cm³/mol. The second-order valence-electron chi connectivity index (χ2n) is 8.64. The molecule has 2 atom stereocenters. The zero-order valence-electron chi connectivity index (χ0n) is 21.4. The monoisotopic (exact) mass is 530 g/mol. The van der Waals surface area contributed by atoms with E-state index in [1.54, 1.807) is 36.4 Å². The van der Waals surface area contributed by atoms with E-state index in [1.807, 2.05) is 0 Å². The van der Waals surface area contributed by atoms with Gasteiger partial charge >= 0.3 is 23.9 Å². The predicted octanol–water partition coefficient (Wildman–Crippen LogP) is 0.200. The number of esters is 4. The summed E-state index contributed by atoms with van der Waals surface area (Å²) < 4.78 is 20.8. The van der Waals surface area contributed by atoms with Crippen LogP contribution in [0.15, 0.2) is 36.4 Å². The molecule has 0 radical (unpaired) electrons. The van der Waals surface area contributed by atoms with E-state index >= 15 is 0 Å². The Balaban J connectivity index is 2.18. The van der Waals surface area contributed by atoms with Gasteiger partial charge in [0.1, 0.15) is 0 Å². The highest BCUT2D eigenvalue weighted by molar-refractivity contribution is 5.78. The van der Waals surface area contributed by atoms with Gasteiger partial charge in [0.25, 0.3) is 0 Å². The first-order valence-electron chi connectivity index (χ1n) is 12.0. The average molecular weight is 531 g/mol. The summed E-state index contributed by atoms with van der Waals surface area (Å²) in [5, 5.41) is 0. The molecule has 0 aromatic heterocycles. The van der Waals surface area contributed by atoms with Crippen LogP contribution in [0.2, 0.25) is 0 Å². The number of rotatable bonds is 13.